The standard InChI is InChI=1S/C36H46F3N5O10S/c1-9-21-18-35(21,30(47)43-55(49,50)54-34(7)13-14-34)42-27(45)25-17-23(52-28-24-11-10-22(51-8)16-20(24)12-15-40-28)19-44(25)29(46)26(32(2,3)4)41-31(48)53-33(5,6)36(37,38)39/h9-12,15-16,21,23,25-26H,1,13-14,17-19H2,2-8H3,(H,41,48)(H,42,45)(H,43,47)/t21?,23-,25?,26-,35-/m1/s1. The van der Waals surface area contributed by atoms with Crippen molar-refractivity contribution in [3.8, 4) is 11.6 Å². The summed E-state index contributed by atoms with van der Waals surface area (Å²) in [6.45, 7) is 11.0. The fourth-order valence-corrected chi connectivity index (χ4v) is 7.37. The van der Waals surface area contributed by atoms with Gasteiger partial charge in [0, 0.05) is 23.9 Å². The highest BCUT2D eigenvalue weighted by molar-refractivity contribution is 7.85. The van der Waals surface area contributed by atoms with Crippen LogP contribution in [0.2, 0.25) is 0 Å². The Hall–Kier alpha value is -4.65. The number of halogens is 3. The van der Waals surface area contributed by atoms with Gasteiger partial charge in [-0.05, 0) is 75.1 Å². The molecule has 1 saturated heterocycles. The Morgan fingerprint density at radius 1 is 1.09 bits per heavy atom. The van der Waals surface area contributed by atoms with Crippen LogP contribution in [0.3, 0.4) is 0 Å². The second kappa shape index (κ2) is 14.5. The average Bonchev–Trinajstić information content (AvgIpc) is 3.93. The van der Waals surface area contributed by atoms with E-state index in [0.29, 0.717) is 43.2 Å². The van der Waals surface area contributed by atoms with Gasteiger partial charge in [-0.3, -0.25) is 14.4 Å². The van der Waals surface area contributed by atoms with Crippen LogP contribution in [-0.2, 0) is 33.6 Å². The van der Waals surface area contributed by atoms with Crippen molar-refractivity contribution in [1.82, 2.24) is 25.2 Å². The maximum atomic E-state index is 14.4. The number of alkyl halides is 3. The van der Waals surface area contributed by atoms with Crippen LogP contribution in [0.4, 0.5) is 18.0 Å². The number of nitrogens with zero attached hydrogens (tertiary/aromatic N) is 2. The van der Waals surface area contributed by atoms with Crippen LogP contribution in [0, 0.1) is 11.3 Å². The number of carbonyl (C=O) groups excluding carboxylic acids is 4. The summed E-state index contributed by atoms with van der Waals surface area (Å²) < 4.78 is 89.4. The van der Waals surface area contributed by atoms with Crippen LogP contribution in [0.15, 0.2) is 43.1 Å². The molecular formula is C36H46F3N5O10S. The lowest BCUT2D eigenvalue weighted by Crippen LogP contribution is -2.60. The van der Waals surface area contributed by atoms with E-state index in [0.717, 1.165) is 4.90 Å². The zero-order chi connectivity index (χ0) is 40.9. The van der Waals surface area contributed by atoms with E-state index in [-0.39, 0.29) is 25.3 Å². The molecule has 3 fully saturated rings. The molecule has 2 aromatic rings. The summed E-state index contributed by atoms with van der Waals surface area (Å²) >= 11 is 0. The number of aromatic nitrogens is 1. The third kappa shape index (κ3) is 9.09. The van der Waals surface area contributed by atoms with Crippen molar-refractivity contribution >= 4 is 44.9 Å². The van der Waals surface area contributed by atoms with Gasteiger partial charge in [0.05, 0.1) is 19.3 Å². The quantitative estimate of drug-likeness (QED) is 0.248. The van der Waals surface area contributed by atoms with E-state index < -0.39 is 86.6 Å². The number of amides is 4. The van der Waals surface area contributed by atoms with E-state index in [2.05, 4.69) is 22.2 Å². The first-order valence-corrected chi connectivity index (χ1v) is 18.9. The highest BCUT2D eigenvalue weighted by Crippen LogP contribution is 2.46. The average molecular weight is 798 g/mol. The number of pyridine rings is 1. The van der Waals surface area contributed by atoms with E-state index >= 15 is 0 Å². The summed E-state index contributed by atoms with van der Waals surface area (Å²) in [5.74, 6) is -2.74. The normalized spacial score (nSPS) is 24.0. The molecule has 5 atom stereocenters. The van der Waals surface area contributed by atoms with Crippen LogP contribution in [0.1, 0.15) is 67.2 Å². The van der Waals surface area contributed by atoms with Gasteiger partial charge in [-0.25, -0.2) is 18.7 Å². The number of carbonyl (C=O) groups is 4. The maximum absolute atomic E-state index is 14.4. The molecule has 0 radical (unpaired) electrons. The second-order valence-corrected chi connectivity index (χ2v) is 17.2. The topological polar surface area (TPSA) is 192 Å². The first-order chi connectivity index (χ1) is 25.3. The highest BCUT2D eigenvalue weighted by atomic mass is 32.2. The summed E-state index contributed by atoms with van der Waals surface area (Å²) in [6, 6.07) is 4.01. The number of nitrogens with one attached hydrogen (secondary N) is 3. The minimum Gasteiger partial charge on any atom is -0.497 e. The van der Waals surface area contributed by atoms with Gasteiger partial charge >= 0.3 is 22.6 Å². The molecule has 2 saturated carbocycles. The van der Waals surface area contributed by atoms with Crippen molar-refractivity contribution in [2.75, 3.05) is 13.7 Å². The molecule has 4 amide bonds. The van der Waals surface area contributed by atoms with Crippen molar-refractivity contribution in [3.63, 3.8) is 0 Å². The van der Waals surface area contributed by atoms with E-state index in [1.165, 1.54) is 19.4 Å². The van der Waals surface area contributed by atoms with Gasteiger partial charge in [-0.15, -0.1) is 6.58 Å². The Morgan fingerprint density at radius 2 is 1.76 bits per heavy atom. The lowest BCUT2D eigenvalue weighted by Gasteiger charge is -2.36. The molecule has 1 aliphatic heterocycles. The van der Waals surface area contributed by atoms with Crippen molar-refractivity contribution in [3.05, 3.63) is 43.1 Å². The molecule has 2 aliphatic carbocycles. The molecule has 1 aromatic heterocycles. The first-order valence-electron chi connectivity index (χ1n) is 17.5. The van der Waals surface area contributed by atoms with Crippen molar-refractivity contribution < 1.29 is 59.2 Å². The van der Waals surface area contributed by atoms with E-state index in [9.17, 15) is 40.8 Å². The van der Waals surface area contributed by atoms with E-state index in [1.807, 2.05) is 4.72 Å². The fourth-order valence-electron chi connectivity index (χ4n) is 6.22. The Kier molecular flexibility index (Phi) is 10.9. The number of likely N-dealkylation sites (tertiary alicyclic amines) is 1. The Balaban J connectivity index is 1.44. The molecule has 302 valence electrons. The number of rotatable bonds is 13. The molecule has 0 spiro atoms. The van der Waals surface area contributed by atoms with Crippen LogP contribution in [0.5, 0.6) is 11.6 Å². The first kappa shape index (κ1) is 41.5. The molecule has 19 heteroatoms. The SMILES string of the molecule is C=CC1C[C@]1(NC(=O)C1C[C@@H](Oc2nccc3cc(OC)ccc23)CN1C(=O)[C@@H](NC(=O)OC(C)(C)C(F)(F)F)C(C)(C)C)C(=O)NS(=O)(=O)OC1(C)CC1. The summed E-state index contributed by atoms with van der Waals surface area (Å²) in [4.78, 5) is 60.5. The number of fused-ring (bicyclic) bond motifs is 1. The van der Waals surface area contributed by atoms with Crippen LogP contribution < -0.4 is 24.8 Å². The van der Waals surface area contributed by atoms with Gasteiger partial charge < -0.3 is 29.7 Å². The largest absolute Gasteiger partial charge is 0.497 e. The molecular weight excluding hydrogens is 751 g/mol. The molecule has 2 heterocycles. The van der Waals surface area contributed by atoms with Crippen LogP contribution >= 0.6 is 0 Å². The molecule has 3 N–H and O–H groups in total. The Morgan fingerprint density at radius 3 is 2.33 bits per heavy atom. The lowest BCUT2D eigenvalue weighted by atomic mass is 9.85. The van der Waals surface area contributed by atoms with Gasteiger partial charge in [0.1, 0.15) is 29.5 Å². The van der Waals surface area contributed by atoms with Crippen LogP contribution in [0.25, 0.3) is 10.8 Å². The van der Waals surface area contributed by atoms with E-state index in [4.69, 9.17) is 18.4 Å². The van der Waals surface area contributed by atoms with Crippen molar-refractivity contribution in [1.29, 1.82) is 0 Å². The highest BCUT2D eigenvalue weighted by Gasteiger charge is 2.62. The third-order valence-corrected chi connectivity index (χ3v) is 11.1. The molecule has 15 nitrogen and oxygen atoms in total. The molecule has 3 aliphatic rings. The predicted octanol–water partition coefficient (Wildman–Crippen LogP) is 4.06. The summed E-state index contributed by atoms with van der Waals surface area (Å²) in [6.07, 6.45) is -3.70. The minimum atomic E-state index is -4.93. The third-order valence-electron chi connectivity index (χ3n) is 10.0. The molecule has 5 rings (SSSR count). The van der Waals surface area contributed by atoms with Gasteiger partial charge in [0.15, 0.2) is 0 Å². The predicted molar refractivity (Wildman–Crippen MR) is 191 cm³/mol. The smallest absolute Gasteiger partial charge is 0.427 e. The summed E-state index contributed by atoms with van der Waals surface area (Å²) in [5, 5.41) is 6.19. The molecule has 2 unspecified atom stereocenters. The number of benzene rings is 1. The number of hydrogen-bond acceptors (Lipinski definition) is 11. The van der Waals surface area contributed by atoms with Gasteiger partial charge in [-0.2, -0.15) is 21.6 Å². The van der Waals surface area contributed by atoms with Gasteiger partial charge in [-0.1, -0.05) is 26.8 Å². The summed E-state index contributed by atoms with van der Waals surface area (Å²) in [7, 11) is -3.05. The second-order valence-electron chi connectivity index (χ2n) is 16.0. The number of alkyl carbamates (subject to hydrolysis) is 1. The molecule has 1 aromatic carbocycles. The zero-order valence-corrected chi connectivity index (χ0v) is 32.4. The monoisotopic (exact) mass is 797 g/mol. The number of ether oxygens (including phenoxy) is 3. The van der Waals surface area contributed by atoms with Crippen LogP contribution in [-0.4, -0.2) is 96.9 Å². The van der Waals surface area contributed by atoms with Gasteiger partial charge in [0.2, 0.25) is 23.3 Å². The number of methoxy groups -OCH3 is 1. The van der Waals surface area contributed by atoms with Crippen molar-refractivity contribution in [2.45, 2.75) is 108 Å². The Bertz CT molecular complexity index is 1980. The van der Waals surface area contributed by atoms with Gasteiger partial charge in [0.25, 0.3) is 5.91 Å². The molecule has 55 heavy (non-hydrogen) atoms. The molecule has 0 bridgehead atoms. The maximum Gasteiger partial charge on any atom is 0.427 e. The zero-order valence-electron chi connectivity index (χ0n) is 31.5. The minimum absolute atomic E-state index is 0.0160. The van der Waals surface area contributed by atoms with E-state index in [1.54, 1.807) is 52.0 Å². The summed E-state index contributed by atoms with van der Waals surface area (Å²) in [5.41, 5.74) is -6.74. The number of hydrogen-bond donors (Lipinski definition) is 3. The van der Waals surface area contributed by atoms with Crippen molar-refractivity contribution in [2.24, 2.45) is 11.3 Å². The fraction of sp³-hybridized carbons (Fsp3) is 0.583. The lowest BCUT2D eigenvalue weighted by molar-refractivity contribution is -0.244. The Labute approximate surface area is 316 Å².